The summed E-state index contributed by atoms with van der Waals surface area (Å²) in [6.45, 7) is 4.70. The van der Waals surface area contributed by atoms with E-state index in [-0.39, 0.29) is 11.7 Å². The van der Waals surface area contributed by atoms with Crippen molar-refractivity contribution in [2.75, 3.05) is 13.7 Å². The molecule has 6 heteroatoms. The molecule has 0 saturated carbocycles. The Kier molecular flexibility index (Phi) is 6.23. The predicted octanol–water partition coefficient (Wildman–Crippen LogP) is 5.53. The zero-order valence-electron chi connectivity index (χ0n) is 18.4. The van der Waals surface area contributed by atoms with Crippen molar-refractivity contribution in [3.05, 3.63) is 89.2 Å². The molecule has 1 atom stereocenters. The van der Waals surface area contributed by atoms with Gasteiger partial charge in [0.15, 0.2) is 0 Å². The van der Waals surface area contributed by atoms with E-state index in [4.69, 9.17) is 9.47 Å². The van der Waals surface area contributed by atoms with Crippen molar-refractivity contribution in [3.63, 3.8) is 0 Å². The summed E-state index contributed by atoms with van der Waals surface area (Å²) in [5.74, 6) is -0.389. The maximum atomic E-state index is 11.6. The monoisotopic (exact) mass is 430 g/mol. The second-order valence-corrected chi connectivity index (χ2v) is 7.64. The molecule has 4 aromatic rings. The van der Waals surface area contributed by atoms with E-state index in [0.717, 1.165) is 34.5 Å². The number of hydrogen-bond acceptors (Lipinski definition) is 4. The molecule has 1 unspecified atom stereocenters. The van der Waals surface area contributed by atoms with Crippen LogP contribution in [0.5, 0.6) is 5.88 Å². The van der Waals surface area contributed by atoms with Gasteiger partial charge in [-0.3, -0.25) is 4.40 Å². The lowest BCUT2D eigenvalue weighted by Crippen LogP contribution is -2.11. The van der Waals surface area contributed by atoms with Gasteiger partial charge in [0.25, 0.3) is 0 Å². The van der Waals surface area contributed by atoms with Crippen LogP contribution in [-0.2, 0) is 4.74 Å². The standard InChI is InChI=1S/C26H26N2O4/c1-4-15-32-24(22-14-9-17(2)25-27-23(31-3)16-28(22)25)19-12-10-18(11-13-19)20-7-5-6-8-21(20)26(29)30/h5-14,16,24H,4,15H2,1-3H3,(H,29,30). The molecule has 0 amide bonds. The summed E-state index contributed by atoms with van der Waals surface area (Å²) in [4.78, 5) is 16.2. The van der Waals surface area contributed by atoms with Gasteiger partial charge in [0.2, 0.25) is 5.88 Å². The summed E-state index contributed by atoms with van der Waals surface area (Å²) in [6, 6.07) is 19.0. The van der Waals surface area contributed by atoms with Gasteiger partial charge in [-0.1, -0.05) is 55.5 Å². The Hall–Kier alpha value is -3.64. The number of aromatic carboxylic acids is 1. The first-order valence-electron chi connectivity index (χ1n) is 10.6. The SMILES string of the molecule is CCCOC(c1ccc(-c2ccccc2C(=O)O)cc1)c1ccc(C)c2nc(OC)cn12. The molecular formula is C26H26N2O4. The lowest BCUT2D eigenvalue weighted by molar-refractivity contribution is 0.0697. The molecule has 6 nitrogen and oxygen atoms in total. The summed E-state index contributed by atoms with van der Waals surface area (Å²) in [6.07, 6.45) is 2.46. The smallest absolute Gasteiger partial charge is 0.336 e. The first kappa shape index (κ1) is 21.6. The van der Waals surface area contributed by atoms with Gasteiger partial charge in [-0.25, -0.2) is 4.79 Å². The van der Waals surface area contributed by atoms with Crippen molar-refractivity contribution in [1.82, 2.24) is 9.38 Å². The molecule has 0 bridgehead atoms. The molecule has 0 aliphatic carbocycles. The minimum Gasteiger partial charge on any atom is -0.480 e. The van der Waals surface area contributed by atoms with Crippen LogP contribution in [0.2, 0.25) is 0 Å². The van der Waals surface area contributed by atoms with Crippen molar-refractivity contribution in [3.8, 4) is 17.0 Å². The summed E-state index contributed by atoms with van der Waals surface area (Å²) in [7, 11) is 1.61. The molecule has 2 aromatic heterocycles. The summed E-state index contributed by atoms with van der Waals surface area (Å²) in [5, 5.41) is 9.52. The number of methoxy groups -OCH3 is 1. The number of nitrogens with zero attached hydrogens (tertiary/aromatic N) is 2. The lowest BCUT2D eigenvalue weighted by atomic mass is 9.97. The van der Waals surface area contributed by atoms with Gasteiger partial charge in [0.05, 0.1) is 24.6 Å². The number of carboxylic acid groups (broad SMARTS) is 1. The molecule has 0 saturated heterocycles. The predicted molar refractivity (Wildman–Crippen MR) is 123 cm³/mol. The van der Waals surface area contributed by atoms with Crippen LogP contribution in [0.3, 0.4) is 0 Å². The first-order chi connectivity index (χ1) is 15.5. The Bertz CT molecular complexity index is 1240. The number of fused-ring (bicyclic) bond motifs is 1. The number of rotatable bonds is 8. The van der Waals surface area contributed by atoms with Crippen LogP contribution in [0.25, 0.3) is 16.8 Å². The van der Waals surface area contributed by atoms with E-state index in [9.17, 15) is 9.90 Å². The number of pyridine rings is 1. The van der Waals surface area contributed by atoms with Crippen LogP contribution < -0.4 is 4.74 Å². The highest BCUT2D eigenvalue weighted by Gasteiger charge is 2.20. The molecule has 0 spiro atoms. The molecule has 0 fully saturated rings. The van der Waals surface area contributed by atoms with Gasteiger partial charge in [0, 0.05) is 6.61 Å². The molecule has 2 heterocycles. The van der Waals surface area contributed by atoms with Gasteiger partial charge in [0.1, 0.15) is 11.8 Å². The number of aromatic nitrogens is 2. The third-order valence-corrected chi connectivity index (χ3v) is 5.47. The Morgan fingerprint density at radius 2 is 1.84 bits per heavy atom. The Morgan fingerprint density at radius 3 is 2.53 bits per heavy atom. The molecule has 32 heavy (non-hydrogen) atoms. The van der Waals surface area contributed by atoms with Gasteiger partial charge in [-0.15, -0.1) is 0 Å². The number of benzene rings is 2. The maximum Gasteiger partial charge on any atom is 0.336 e. The Morgan fingerprint density at radius 1 is 1.09 bits per heavy atom. The molecule has 0 radical (unpaired) electrons. The fourth-order valence-electron chi connectivity index (χ4n) is 3.86. The van der Waals surface area contributed by atoms with Crippen molar-refractivity contribution >= 4 is 11.6 Å². The zero-order valence-corrected chi connectivity index (χ0v) is 18.4. The fourth-order valence-corrected chi connectivity index (χ4v) is 3.86. The molecular weight excluding hydrogens is 404 g/mol. The minimum atomic E-state index is -0.940. The van der Waals surface area contributed by atoms with E-state index in [2.05, 4.69) is 18.0 Å². The van der Waals surface area contributed by atoms with Gasteiger partial charge in [-0.2, -0.15) is 4.98 Å². The Labute approximate surface area is 187 Å². The van der Waals surface area contributed by atoms with E-state index in [1.54, 1.807) is 19.2 Å². The second-order valence-electron chi connectivity index (χ2n) is 7.64. The van der Waals surface area contributed by atoms with Gasteiger partial charge in [-0.05, 0) is 47.7 Å². The van der Waals surface area contributed by atoms with Crippen molar-refractivity contribution < 1.29 is 19.4 Å². The maximum absolute atomic E-state index is 11.6. The number of imidazole rings is 1. The average molecular weight is 431 g/mol. The van der Waals surface area contributed by atoms with Crippen LogP contribution in [0.1, 0.15) is 46.6 Å². The van der Waals surface area contributed by atoms with E-state index >= 15 is 0 Å². The highest BCUT2D eigenvalue weighted by Crippen LogP contribution is 2.32. The number of hydrogen-bond donors (Lipinski definition) is 1. The second kappa shape index (κ2) is 9.24. The first-order valence-corrected chi connectivity index (χ1v) is 10.6. The minimum absolute atomic E-state index is 0.282. The van der Waals surface area contributed by atoms with E-state index < -0.39 is 5.97 Å². The van der Waals surface area contributed by atoms with Crippen LogP contribution in [0.15, 0.2) is 66.9 Å². The zero-order chi connectivity index (χ0) is 22.7. The summed E-state index contributed by atoms with van der Waals surface area (Å²) < 4.78 is 13.6. The van der Waals surface area contributed by atoms with E-state index in [1.807, 2.05) is 60.0 Å². The average Bonchev–Trinajstić information content (AvgIpc) is 3.26. The third kappa shape index (κ3) is 4.09. The van der Waals surface area contributed by atoms with Gasteiger partial charge >= 0.3 is 5.97 Å². The number of aryl methyl sites for hydroxylation is 1. The van der Waals surface area contributed by atoms with Crippen LogP contribution in [0.4, 0.5) is 0 Å². The van der Waals surface area contributed by atoms with Crippen molar-refractivity contribution in [2.24, 2.45) is 0 Å². The summed E-state index contributed by atoms with van der Waals surface area (Å²) in [5.41, 5.74) is 5.63. The van der Waals surface area contributed by atoms with Crippen molar-refractivity contribution in [2.45, 2.75) is 26.4 Å². The number of carbonyl (C=O) groups is 1. The van der Waals surface area contributed by atoms with Crippen LogP contribution in [-0.4, -0.2) is 34.2 Å². The molecule has 2 aromatic carbocycles. The molecule has 164 valence electrons. The van der Waals surface area contributed by atoms with Crippen LogP contribution in [0, 0.1) is 6.92 Å². The molecule has 0 aliphatic rings. The van der Waals surface area contributed by atoms with Gasteiger partial charge < -0.3 is 14.6 Å². The quantitative estimate of drug-likeness (QED) is 0.398. The van der Waals surface area contributed by atoms with Crippen LogP contribution >= 0.6 is 0 Å². The van der Waals surface area contributed by atoms with E-state index in [1.165, 1.54) is 0 Å². The normalized spacial score (nSPS) is 12.1. The topological polar surface area (TPSA) is 73.1 Å². The molecule has 0 aliphatic heterocycles. The number of ether oxygens (including phenoxy) is 2. The largest absolute Gasteiger partial charge is 0.480 e. The van der Waals surface area contributed by atoms with E-state index in [0.29, 0.717) is 18.1 Å². The number of carboxylic acids is 1. The Balaban J connectivity index is 1.77. The van der Waals surface area contributed by atoms with Crippen molar-refractivity contribution in [1.29, 1.82) is 0 Å². The highest BCUT2D eigenvalue weighted by molar-refractivity contribution is 5.96. The molecule has 1 N–H and O–H groups in total. The fraction of sp³-hybridized carbons (Fsp3) is 0.231. The summed E-state index contributed by atoms with van der Waals surface area (Å²) >= 11 is 0. The molecule has 4 rings (SSSR count). The lowest BCUT2D eigenvalue weighted by Gasteiger charge is -2.21. The highest BCUT2D eigenvalue weighted by atomic mass is 16.5. The third-order valence-electron chi connectivity index (χ3n) is 5.47.